The zero-order valence-corrected chi connectivity index (χ0v) is 18.5. The van der Waals surface area contributed by atoms with E-state index in [0.29, 0.717) is 43.6 Å². The van der Waals surface area contributed by atoms with Crippen LogP contribution in [0.25, 0.3) is 11.3 Å². The number of rotatable bonds is 8. The van der Waals surface area contributed by atoms with Crippen molar-refractivity contribution in [2.45, 2.75) is 44.8 Å². The summed E-state index contributed by atoms with van der Waals surface area (Å²) >= 11 is 0. The summed E-state index contributed by atoms with van der Waals surface area (Å²) in [6.07, 6.45) is 4.96. The molecule has 0 spiro atoms. The molecule has 172 valence electrons. The number of unbranched alkanes of at least 4 members (excludes halogenated alkanes) is 1. The number of carboxylic acids is 1. The van der Waals surface area contributed by atoms with Gasteiger partial charge < -0.3 is 28.6 Å². The maximum atomic E-state index is 12.5. The predicted octanol–water partition coefficient (Wildman–Crippen LogP) is 3.30. The van der Waals surface area contributed by atoms with Crippen LogP contribution < -0.4 is 14.9 Å². The summed E-state index contributed by atoms with van der Waals surface area (Å²) in [5, 5.41) is 9.45. The number of aromatic carboxylic acids is 1. The summed E-state index contributed by atoms with van der Waals surface area (Å²) in [7, 11) is 1.63. The monoisotopic (exact) mass is 443 g/mol. The molecule has 2 unspecified atom stereocenters. The van der Waals surface area contributed by atoms with Crippen LogP contribution >= 0.6 is 0 Å². The van der Waals surface area contributed by atoms with Gasteiger partial charge in [-0.1, -0.05) is 19.8 Å². The highest BCUT2D eigenvalue weighted by atomic mass is 16.6. The number of benzene rings is 1. The smallest absolute Gasteiger partial charge is 0.341 e. The molecule has 2 aliphatic rings. The van der Waals surface area contributed by atoms with Crippen LogP contribution in [0.5, 0.6) is 11.5 Å². The van der Waals surface area contributed by atoms with Gasteiger partial charge in [0, 0.05) is 31.0 Å². The second-order valence-corrected chi connectivity index (χ2v) is 8.21. The summed E-state index contributed by atoms with van der Waals surface area (Å²) in [5.41, 5.74) is 1.95. The summed E-state index contributed by atoms with van der Waals surface area (Å²) in [6.45, 7) is 3.82. The van der Waals surface area contributed by atoms with E-state index in [0.717, 1.165) is 36.8 Å². The molecular formula is C24H29NO7. The largest absolute Gasteiger partial charge is 0.487 e. The number of pyridine rings is 1. The lowest BCUT2D eigenvalue weighted by atomic mass is 9.89. The summed E-state index contributed by atoms with van der Waals surface area (Å²) in [4.78, 5) is 24.1. The molecule has 4 rings (SSSR count). The molecule has 32 heavy (non-hydrogen) atoms. The Morgan fingerprint density at radius 1 is 1.19 bits per heavy atom. The minimum Gasteiger partial charge on any atom is -0.487 e. The molecule has 0 saturated heterocycles. The van der Waals surface area contributed by atoms with Gasteiger partial charge in [-0.25, -0.2) is 4.79 Å². The average molecular weight is 443 g/mol. The van der Waals surface area contributed by atoms with Crippen molar-refractivity contribution in [3.05, 3.63) is 45.7 Å². The third-order valence-corrected chi connectivity index (χ3v) is 5.99. The molecule has 1 aromatic carbocycles. The lowest BCUT2D eigenvalue weighted by Gasteiger charge is -2.31. The van der Waals surface area contributed by atoms with Gasteiger partial charge in [0.25, 0.3) is 0 Å². The Bertz CT molecular complexity index is 1050. The Kier molecular flexibility index (Phi) is 6.81. The second-order valence-electron chi connectivity index (χ2n) is 8.21. The summed E-state index contributed by atoms with van der Waals surface area (Å²) in [6, 6.07) is 5.39. The predicted molar refractivity (Wildman–Crippen MR) is 118 cm³/mol. The van der Waals surface area contributed by atoms with Crippen molar-refractivity contribution in [2.75, 3.05) is 33.5 Å². The normalized spacial score (nSPS) is 19.1. The topological polar surface area (TPSA) is 96.2 Å². The van der Waals surface area contributed by atoms with Crippen molar-refractivity contribution in [2.24, 2.45) is 0 Å². The van der Waals surface area contributed by atoms with E-state index in [2.05, 4.69) is 6.92 Å². The Hall–Kier alpha value is -2.84. The van der Waals surface area contributed by atoms with Crippen LogP contribution in [0, 0.1) is 0 Å². The van der Waals surface area contributed by atoms with Gasteiger partial charge in [0.2, 0.25) is 0 Å². The Labute approximate surface area is 186 Å². The first kappa shape index (κ1) is 22.4. The van der Waals surface area contributed by atoms with E-state index >= 15 is 0 Å². The maximum Gasteiger partial charge on any atom is 0.341 e. The number of aromatic nitrogens is 1. The van der Waals surface area contributed by atoms with Crippen molar-refractivity contribution in [3.63, 3.8) is 0 Å². The standard InChI is InChI=1S/C24H29NO7/c1-3-4-5-16-8-15-9-22-23(32-14-17(13-31-22)30-7-6-29-2)10-18(15)20-11-21(26)19(24(27)28)12-25(16)20/h9-12,16-17H,3-8,13-14H2,1-2H3,(H,27,28). The molecule has 1 N–H and O–H groups in total. The first-order valence-electron chi connectivity index (χ1n) is 11.0. The molecule has 3 heterocycles. The Morgan fingerprint density at radius 3 is 2.62 bits per heavy atom. The second kappa shape index (κ2) is 9.75. The molecule has 2 atom stereocenters. The molecule has 0 saturated carbocycles. The number of carboxylic acid groups (broad SMARTS) is 1. The van der Waals surface area contributed by atoms with Gasteiger partial charge in [-0.3, -0.25) is 4.79 Å². The van der Waals surface area contributed by atoms with E-state index < -0.39 is 11.4 Å². The van der Waals surface area contributed by atoms with Gasteiger partial charge in [-0.05, 0) is 30.5 Å². The molecule has 2 aromatic rings. The van der Waals surface area contributed by atoms with Gasteiger partial charge in [-0.2, -0.15) is 0 Å². The molecule has 0 bridgehead atoms. The third-order valence-electron chi connectivity index (χ3n) is 5.99. The van der Waals surface area contributed by atoms with E-state index in [4.69, 9.17) is 18.9 Å². The lowest BCUT2D eigenvalue weighted by molar-refractivity contribution is -0.0187. The van der Waals surface area contributed by atoms with Crippen LogP contribution in [0.15, 0.2) is 29.2 Å². The van der Waals surface area contributed by atoms with E-state index in [1.54, 1.807) is 7.11 Å². The van der Waals surface area contributed by atoms with Gasteiger partial charge in [0.05, 0.1) is 18.9 Å². The number of ether oxygens (including phenoxy) is 4. The van der Waals surface area contributed by atoms with Gasteiger partial charge in [0.15, 0.2) is 16.9 Å². The Morgan fingerprint density at radius 2 is 1.94 bits per heavy atom. The quantitative estimate of drug-likeness (QED) is 0.625. The minimum atomic E-state index is -1.21. The molecular weight excluding hydrogens is 414 g/mol. The number of methoxy groups -OCH3 is 1. The SMILES string of the molecule is CCCCC1Cc2cc3c(cc2-c2cc(=O)c(C(=O)O)cn21)OCC(OCCOC)CO3. The molecule has 0 aliphatic carbocycles. The maximum absolute atomic E-state index is 12.5. The highest BCUT2D eigenvalue weighted by Crippen LogP contribution is 2.42. The fraction of sp³-hybridized carbons (Fsp3) is 0.500. The van der Waals surface area contributed by atoms with Crippen LogP contribution in [-0.4, -0.2) is 55.3 Å². The molecule has 8 nitrogen and oxygen atoms in total. The van der Waals surface area contributed by atoms with E-state index in [1.807, 2.05) is 16.7 Å². The van der Waals surface area contributed by atoms with E-state index in [1.165, 1.54) is 12.3 Å². The third kappa shape index (κ3) is 4.52. The van der Waals surface area contributed by atoms with Crippen LogP contribution in [0.2, 0.25) is 0 Å². The Balaban J connectivity index is 1.69. The van der Waals surface area contributed by atoms with Crippen molar-refractivity contribution in [3.8, 4) is 22.8 Å². The van der Waals surface area contributed by atoms with Gasteiger partial charge in [-0.15, -0.1) is 0 Å². The van der Waals surface area contributed by atoms with Crippen molar-refractivity contribution < 1.29 is 28.8 Å². The first-order chi connectivity index (χ1) is 15.5. The number of fused-ring (bicyclic) bond motifs is 4. The van der Waals surface area contributed by atoms with E-state index in [-0.39, 0.29) is 17.7 Å². The molecule has 1 aromatic heterocycles. The minimum absolute atomic E-state index is 0.0750. The molecule has 0 radical (unpaired) electrons. The molecule has 0 fully saturated rings. The van der Waals surface area contributed by atoms with Crippen molar-refractivity contribution in [1.29, 1.82) is 0 Å². The zero-order chi connectivity index (χ0) is 22.7. The fourth-order valence-corrected chi connectivity index (χ4v) is 4.30. The number of carbonyl (C=O) groups is 1. The van der Waals surface area contributed by atoms with E-state index in [9.17, 15) is 14.7 Å². The zero-order valence-electron chi connectivity index (χ0n) is 18.5. The molecule has 2 aliphatic heterocycles. The van der Waals surface area contributed by atoms with Crippen LogP contribution in [-0.2, 0) is 15.9 Å². The van der Waals surface area contributed by atoms with Gasteiger partial charge in [0.1, 0.15) is 24.9 Å². The van der Waals surface area contributed by atoms with Crippen LogP contribution in [0.1, 0.15) is 48.1 Å². The lowest BCUT2D eigenvalue weighted by Crippen LogP contribution is -2.27. The highest BCUT2D eigenvalue weighted by Gasteiger charge is 2.29. The summed E-state index contributed by atoms with van der Waals surface area (Å²) < 4.78 is 24.7. The highest BCUT2D eigenvalue weighted by molar-refractivity contribution is 5.87. The number of hydrogen-bond donors (Lipinski definition) is 1. The first-order valence-corrected chi connectivity index (χ1v) is 11.0. The number of nitrogens with zero attached hydrogens (tertiary/aromatic N) is 1. The summed E-state index contributed by atoms with van der Waals surface area (Å²) in [5.74, 6) is 0.0483. The van der Waals surface area contributed by atoms with Gasteiger partial charge >= 0.3 is 5.97 Å². The molecule has 0 amide bonds. The average Bonchev–Trinajstić information content (AvgIpc) is 2.97. The van der Waals surface area contributed by atoms with Crippen molar-refractivity contribution >= 4 is 5.97 Å². The van der Waals surface area contributed by atoms with Crippen LogP contribution in [0.3, 0.4) is 0 Å². The number of hydrogen-bond acceptors (Lipinski definition) is 6. The molecule has 8 heteroatoms. The van der Waals surface area contributed by atoms with Crippen molar-refractivity contribution in [1.82, 2.24) is 4.57 Å². The van der Waals surface area contributed by atoms with Crippen LogP contribution in [0.4, 0.5) is 0 Å². The fourth-order valence-electron chi connectivity index (χ4n) is 4.30.